The van der Waals surface area contributed by atoms with Crippen molar-refractivity contribution in [2.45, 2.75) is 10.4 Å². The summed E-state index contributed by atoms with van der Waals surface area (Å²) in [7, 11) is -2.85. The van der Waals surface area contributed by atoms with E-state index in [1.165, 1.54) is 37.0 Å². The van der Waals surface area contributed by atoms with E-state index in [9.17, 15) is 22.7 Å². The van der Waals surface area contributed by atoms with Gasteiger partial charge in [-0.1, -0.05) is 23.4 Å². The second-order valence-corrected chi connectivity index (χ2v) is 11.9. The number of thioether (sulfide) groups is 1. The first-order valence-corrected chi connectivity index (χ1v) is 13.2. The van der Waals surface area contributed by atoms with Gasteiger partial charge in [0.05, 0.1) is 14.9 Å². The van der Waals surface area contributed by atoms with Crippen molar-refractivity contribution in [3.8, 4) is 11.3 Å². The lowest BCUT2D eigenvalue weighted by Crippen LogP contribution is -2.45. The van der Waals surface area contributed by atoms with Gasteiger partial charge in [0.1, 0.15) is 16.5 Å². The van der Waals surface area contributed by atoms with Crippen LogP contribution in [-0.2, 0) is 14.8 Å². The highest BCUT2D eigenvalue weighted by Crippen LogP contribution is 2.41. The number of aliphatic hydroxyl groups excluding tert-OH is 1. The Bertz CT molecular complexity index is 1480. The quantitative estimate of drug-likeness (QED) is 0.450. The van der Waals surface area contributed by atoms with Crippen molar-refractivity contribution in [3.05, 3.63) is 74.4 Å². The average Bonchev–Trinajstić information content (AvgIpc) is 3.53. The largest absolute Gasteiger partial charge is 0.504 e. The SMILES string of the molecule is CN1C(C(=O)NC2NC(c3ccc(-c4ccc(F)cc4)o3)=CS2)=C(O)c2sc(Cl)cc2S1(=O)=O. The highest BCUT2D eigenvalue weighted by molar-refractivity contribution is 8.03. The van der Waals surface area contributed by atoms with Gasteiger partial charge >= 0.3 is 0 Å². The number of sulfonamides is 1. The Morgan fingerprint density at radius 2 is 1.94 bits per heavy atom. The highest BCUT2D eigenvalue weighted by Gasteiger charge is 2.40. The van der Waals surface area contributed by atoms with E-state index in [1.54, 1.807) is 29.7 Å². The van der Waals surface area contributed by atoms with E-state index in [-0.39, 0.29) is 19.9 Å². The second-order valence-electron chi connectivity index (χ2n) is 7.25. The van der Waals surface area contributed by atoms with Crippen molar-refractivity contribution in [2.24, 2.45) is 0 Å². The van der Waals surface area contributed by atoms with E-state index in [4.69, 9.17) is 16.0 Å². The van der Waals surface area contributed by atoms with Crippen LogP contribution in [-0.4, -0.2) is 36.3 Å². The number of halogens is 2. The van der Waals surface area contributed by atoms with Crippen LogP contribution < -0.4 is 10.6 Å². The van der Waals surface area contributed by atoms with Gasteiger partial charge in [0.25, 0.3) is 15.9 Å². The number of nitrogens with one attached hydrogen (secondary N) is 2. The Balaban J connectivity index is 1.32. The second kappa shape index (κ2) is 8.38. The molecule has 176 valence electrons. The van der Waals surface area contributed by atoms with Crippen LogP contribution in [0.1, 0.15) is 10.6 Å². The molecule has 1 atom stereocenters. The number of furan rings is 1. The van der Waals surface area contributed by atoms with E-state index in [1.807, 2.05) is 0 Å². The number of likely N-dealkylation sites (N-methyl/N-ethyl adjacent to an activating group) is 1. The van der Waals surface area contributed by atoms with Gasteiger partial charge in [0.2, 0.25) is 0 Å². The Labute approximate surface area is 206 Å². The summed E-state index contributed by atoms with van der Waals surface area (Å²) in [5.74, 6) is -0.551. The molecule has 2 aliphatic heterocycles. The zero-order valence-electron chi connectivity index (χ0n) is 17.2. The maximum atomic E-state index is 13.2. The Morgan fingerprint density at radius 3 is 2.68 bits per heavy atom. The fourth-order valence-electron chi connectivity index (χ4n) is 3.46. The van der Waals surface area contributed by atoms with Crippen LogP contribution in [0.25, 0.3) is 22.8 Å². The lowest BCUT2D eigenvalue weighted by atomic mass is 10.2. The van der Waals surface area contributed by atoms with Gasteiger partial charge in [0, 0.05) is 18.0 Å². The normalized spacial score (nSPS) is 19.0. The van der Waals surface area contributed by atoms with Gasteiger partial charge in [-0.05, 0) is 42.5 Å². The number of carbonyl (C=O) groups excluding carboxylic acids is 1. The van der Waals surface area contributed by atoms with E-state index in [2.05, 4.69) is 10.6 Å². The van der Waals surface area contributed by atoms with Crippen molar-refractivity contribution in [1.82, 2.24) is 14.9 Å². The number of carbonyl (C=O) groups is 1. The molecule has 1 amide bonds. The number of thiophene rings is 1. The molecular weight excluding hydrogens is 525 g/mol. The number of amides is 1. The summed E-state index contributed by atoms with van der Waals surface area (Å²) in [4.78, 5) is 12.8. The molecule has 13 heteroatoms. The molecule has 1 unspecified atom stereocenters. The highest BCUT2D eigenvalue weighted by atomic mass is 35.5. The molecule has 0 bridgehead atoms. The molecule has 0 fully saturated rings. The fraction of sp³-hybridized carbons (Fsp3) is 0.0952. The molecule has 8 nitrogen and oxygen atoms in total. The number of hydrogen-bond donors (Lipinski definition) is 3. The molecule has 2 aliphatic rings. The van der Waals surface area contributed by atoms with Crippen LogP contribution in [0.4, 0.5) is 4.39 Å². The van der Waals surface area contributed by atoms with Crippen LogP contribution in [0.15, 0.2) is 62.9 Å². The molecule has 5 rings (SSSR count). The van der Waals surface area contributed by atoms with Crippen molar-refractivity contribution in [2.75, 3.05) is 7.05 Å². The third kappa shape index (κ3) is 3.86. The zero-order chi connectivity index (χ0) is 24.2. The predicted molar refractivity (Wildman–Crippen MR) is 129 cm³/mol. The first kappa shape index (κ1) is 22.8. The summed E-state index contributed by atoms with van der Waals surface area (Å²) in [5, 5.41) is 18.1. The molecule has 0 spiro atoms. The maximum absolute atomic E-state index is 13.2. The number of fused-ring (bicyclic) bond motifs is 1. The van der Waals surface area contributed by atoms with Crippen LogP contribution in [0.5, 0.6) is 0 Å². The van der Waals surface area contributed by atoms with Crippen LogP contribution in [0, 0.1) is 5.82 Å². The number of benzene rings is 1. The molecule has 0 aliphatic carbocycles. The summed E-state index contributed by atoms with van der Waals surface area (Å²) in [6.45, 7) is 0. The maximum Gasteiger partial charge on any atom is 0.274 e. The molecule has 0 radical (unpaired) electrons. The molecule has 1 aromatic carbocycles. The van der Waals surface area contributed by atoms with E-state index in [0.717, 1.165) is 15.6 Å². The lowest BCUT2D eigenvalue weighted by molar-refractivity contribution is -0.118. The summed E-state index contributed by atoms with van der Waals surface area (Å²) in [6, 6.07) is 10.6. The van der Waals surface area contributed by atoms with Gasteiger partial charge in [-0.3, -0.25) is 9.10 Å². The zero-order valence-corrected chi connectivity index (χ0v) is 20.4. The summed E-state index contributed by atoms with van der Waals surface area (Å²) in [6.07, 6.45) is 0. The van der Waals surface area contributed by atoms with Gasteiger partial charge in [-0.15, -0.1) is 11.3 Å². The third-order valence-corrected chi connectivity index (χ3v) is 9.21. The number of rotatable bonds is 4. The minimum atomic E-state index is -4.04. The van der Waals surface area contributed by atoms with Crippen molar-refractivity contribution >= 4 is 62.1 Å². The van der Waals surface area contributed by atoms with Crippen LogP contribution in [0.3, 0.4) is 0 Å². The van der Waals surface area contributed by atoms with Crippen LogP contribution in [0.2, 0.25) is 4.34 Å². The number of aliphatic hydroxyl groups is 1. The molecular formula is C21H15ClFN3O5S3. The van der Waals surface area contributed by atoms with Crippen LogP contribution >= 0.6 is 34.7 Å². The molecule has 4 heterocycles. The standard InChI is InChI=1S/C21H15ClFN3O5S3/c1-26-17(18(27)19-15(34(26,29)30)8-16(22)33-19)20(28)25-21-24-12(9-32-21)14-7-6-13(31-14)10-2-4-11(23)5-3-10/h2-9,21,24,27H,1H3,(H,25,28). The summed E-state index contributed by atoms with van der Waals surface area (Å²) in [5.41, 5.74) is 0.254. The number of nitrogens with zero attached hydrogens (tertiary/aromatic N) is 1. The summed E-state index contributed by atoms with van der Waals surface area (Å²) >= 11 is 8.04. The average molecular weight is 540 g/mol. The van der Waals surface area contributed by atoms with E-state index in [0.29, 0.717) is 22.8 Å². The molecule has 2 aromatic heterocycles. The van der Waals surface area contributed by atoms with Gasteiger partial charge in [0.15, 0.2) is 22.7 Å². The van der Waals surface area contributed by atoms with E-state index < -0.39 is 32.9 Å². The van der Waals surface area contributed by atoms with Gasteiger partial charge in [-0.25, -0.2) is 12.8 Å². The number of hydrogen-bond acceptors (Lipinski definition) is 8. The predicted octanol–water partition coefficient (Wildman–Crippen LogP) is 4.40. The third-order valence-electron chi connectivity index (χ3n) is 5.15. The summed E-state index contributed by atoms with van der Waals surface area (Å²) < 4.78 is 45.5. The van der Waals surface area contributed by atoms with Gasteiger partial charge in [-0.2, -0.15) is 0 Å². The monoisotopic (exact) mass is 539 g/mol. The minimum absolute atomic E-state index is 0.0167. The Kier molecular flexibility index (Phi) is 5.63. The molecule has 34 heavy (non-hydrogen) atoms. The molecule has 0 saturated carbocycles. The molecule has 3 aromatic rings. The van der Waals surface area contributed by atoms with Gasteiger partial charge < -0.3 is 20.2 Å². The van der Waals surface area contributed by atoms with Crippen molar-refractivity contribution in [3.63, 3.8) is 0 Å². The minimum Gasteiger partial charge on any atom is -0.504 e. The fourth-order valence-corrected chi connectivity index (χ4v) is 7.24. The Hall–Kier alpha value is -2.93. The molecule has 0 saturated heterocycles. The molecule has 3 N–H and O–H groups in total. The Morgan fingerprint density at radius 1 is 1.24 bits per heavy atom. The first-order chi connectivity index (χ1) is 16.1. The lowest BCUT2D eigenvalue weighted by Gasteiger charge is -2.27. The van der Waals surface area contributed by atoms with E-state index >= 15 is 0 Å². The van der Waals surface area contributed by atoms with Crippen molar-refractivity contribution in [1.29, 1.82) is 0 Å². The topological polar surface area (TPSA) is 112 Å². The smallest absolute Gasteiger partial charge is 0.274 e. The first-order valence-electron chi connectivity index (χ1n) is 9.66. The van der Waals surface area contributed by atoms with Crippen molar-refractivity contribution < 1.29 is 27.1 Å².